The number of aldehydes is 1. The van der Waals surface area contributed by atoms with E-state index in [0.29, 0.717) is 18.9 Å². The molecule has 1 N–H and O–H groups in total. The van der Waals surface area contributed by atoms with E-state index < -0.39 is 6.16 Å². The van der Waals surface area contributed by atoms with E-state index >= 15 is 0 Å². The van der Waals surface area contributed by atoms with Crippen molar-refractivity contribution in [3.05, 3.63) is 35.9 Å². The summed E-state index contributed by atoms with van der Waals surface area (Å²) in [6, 6.07) is 9.68. The summed E-state index contributed by atoms with van der Waals surface area (Å²) < 4.78 is 4.31. The Hall–Kier alpha value is -1.84. The van der Waals surface area contributed by atoms with Gasteiger partial charge in [-0.05, 0) is 24.3 Å². The van der Waals surface area contributed by atoms with Gasteiger partial charge < -0.3 is 14.6 Å². The van der Waals surface area contributed by atoms with Crippen molar-refractivity contribution in [2.45, 2.75) is 33.1 Å². The maximum Gasteiger partial charge on any atom is 0.505 e. The summed E-state index contributed by atoms with van der Waals surface area (Å²) in [6.45, 7) is 4.52. The van der Waals surface area contributed by atoms with Crippen molar-refractivity contribution in [2.24, 2.45) is 5.92 Å². The van der Waals surface area contributed by atoms with Crippen LogP contribution in [-0.4, -0.2) is 24.2 Å². The van der Waals surface area contributed by atoms with Crippen molar-refractivity contribution in [3.8, 4) is 0 Å². The standard InChI is InChI=1S/C8H8O.C7H14O3/c9-7-6-8-4-2-1-3-5-8;1-6(2)4-3-5-10-7(8)9/h1-5,7H,6H2;6H,3-5H2,1-2H3,(H,8,9). The molecular weight excluding hydrogens is 244 g/mol. The third-order valence-electron chi connectivity index (χ3n) is 2.31. The van der Waals surface area contributed by atoms with Gasteiger partial charge in [0.25, 0.3) is 0 Å². The van der Waals surface area contributed by atoms with Crippen molar-refractivity contribution >= 4 is 12.4 Å². The molecule has 0 atom stereocenters. The Labute approximate surface area is 114 Å². The fraction of sp³-hybridized carbons (Fsp3) is 0.467. The molecule has 0 fully saturated rings. The summed E-state index contributed by atoms with van der Waals surface area (Å²) in [6.07, 6.45) is 2.11. The summed E-state index contributed by atoms with van der Waals surface area (Å²) in [5, 5.41) is 8.06. The molecule has 0 heterocycles. The highest BCUT2D eigenvalue weighted by Crippen LogP contribution is 2.02. The van der Waals surface area contributed by atoms with E-state index in [1.54, 1.807) is 0 Å². The summed E-state index contributed by atoms with van der Waals surface area (Å²) in [5.74, 6) is 0.623. The minimum Gasteiger partial charge on any atom is -0.450 e. The first-order valence-corrected chi connectivity index (χ1v) is 6.39. The number of carboxylic acid groups (broad SMARTS) is 1. The molecule has 0 radical (unpaired) electrons. The average molecular weight is 266 g/mol. The van der Waals surface area contributed by atoms with Crippen LogP contribution >= 0.6 is 0 Å². The highest BCUT2D eigenvalue weighted by molar-refractivity contribution is 5.56. The maximum absolute atomic E-state index is 9.97. The highest BCUT2D eigenvalue weighted by atomic mass is 16.7. The second-order valence-corrected chi connectivity index (χ2v) is 4.51. The number of carbonyl (C=O) groups excluding carboxylic acids is 1. The molecule has 0 saturated heterocycles. The van der Waals surface area contributed by atoms with Crippen molar-refractivity contribution in [3.63, 3.8) is 0 Å². The zero-order valence-electron chi connectivity index (χ0n) is 11.5. The predicted octanol–water partition coefficient (Wildman–Crippen LogP) is 3.55. The number of benzene rings is 1. The third-order valence-corrected chi connectivity index (χ3v) is 2.31. The zero-order valence-corrected chi connectivity index (χ0v) is 11.5. The molecular formula is C15H22O4. The summed E-state index contributed by atoms with van der Waals surface area (Å²) in [5.41, 5.74) is 1.08. The van der Waals surface area contributed by atoms with E-state index in [-0.39, 0.29) is 0 Å². The van der Waals surface area contributed by atoms with E-state index in [9.17, 15) is 9.59 Å². The maximum atomic E-state index is 9.97. The van der Waals surface area contributed by atoms with Gasteiger partial charge in [-0.1, -0.05) is 44.2 Å². The predicted molar refractivity (Wildman–Crippen MR) is 74.3 cm³/mol. The molecule has 0 aliphatic heterocycles. The SMILES string of the molecule is CC(C)CCCOC(=O)O.O=CCc1ccccc1. The quantitative estimate of drug-likeness (QED) is 0.486. The molecule has 4 nitrogen and oxygen atoms in total. The number of rotatable bonds is 6. The van der Waals surface area contributed by atoms with Gasteiger partial charge >= 0.3 is 6.16 Å². The number of ether oxygens (including phenoxy) is 1. The van der Waals surface area contributed by atoms with Crippen molar-refractivity contribution < 1.29 is 19.4 Å². The monoisotopic (exact) mass is 266 g/mol. The van der Waals surface area contributed by atoms with Crippen LogP contribution in [0.1, 0.15) is 32.3 Å². The Morgan fingerprint density at radius 2 is 1.95 bits per heavy atom. The Morgan fingerprint density at radius 3 is 2.42 bits per heavy atom. The molecule has 0 aliphatic rings. The van der Waals surface area contributed by atoms with E-state index in [0.717, 1.165) is 24.7 Å². The van der Waals surface area contributed by atoms with Crippen molar-refractivity contribution in [1.82, 2.24) is 0 Å². The van der Waals surface area contributed by atoms with Gasteiger partial charge in [-0.25, -0.2) is 4.79 Å². The molecule has 0 unspecified atom stereocenters. The first-order valence-electron chi connectivity index (χ1n) is 6.39. The summed E-state index contributed by atoms with van der Waals surface area (Å²) >= 11 is 0. The van der Waals surface area contributed by atoms with Gasteiger partial charge in [0.2, 0.25) is 0 Å². The summed E-state index contributed by atoms with van der Waals surface area (Å²) in [7, 11) is 0. The Kier molecular flexibility index (Phi) is 10.2. The average Bonchev–Trinajstić information content (AvgIpc) is 2.37. The van der Waals surface area contributed by atoms with Gasteiger partial charge in [-0.2, -0.15) is 0 Å². The number of hydrogen-bond acceptors (Lipinski definition) is 3. The lowest BCUT2D eigenvalue weighted by Crippen LogP contribution is -2.02. The second-order valence-electron chi connectivity index (χ2n) is 4.51. The van der Waals surface area contributed by atoms with E-state index in [4.69, 9.17) is 5.11 Å². The molecule has 0 saturated carbocycles. The lowest BCUT2D eigenvalue weighted by Gasteiger charge is -2.02. The van der Waals surface area contributed by atoms with Crippen molar-refractivity contribution in [1.29, 1.82) is 0 Å². The highest BCUT2D eigenvalue weighted by Gasteiger charge is 1.97. The lowest BCUT2D eigenvalue weighted by molar-refractivity contribution is -0.107. The van der Waals surface area contributed by atoms with E-state index in [1.807, 2.05) is 30.3 Å². The topological polar surface area (TPSA) is 63.6 Å². The van der Waals surface area contributed by atoms with Gasteiger partial charge in [0.05, 0.1) is 6.61 Å². The Morgan fingerprint density at radius 1 is 1.32 bits per heavy atom. The van der Waals surface area contributed by atoms with Crippen LogP contribution in [0, 0.1) is 5.92 Å². The van der Waals surface area contributed by atoms with Gasteiger partial charge in [0.1, 0.15) is 6.29 Å². The van der Waals surface area contributed by atoms with Crippen LogP contribution in [0.5, 0.6) is 0 Å². The molecule has 0 amide bonds. The molecule has 1 aromatic carbocycles. The van der Waals surface area contributed by atoms with Gasteiger partial charge in [0, 0.05) is 6.42 Å². The molecule has 106 valence electrons. The summed E-state index contributed by atoms with van der Waals surface area (Å²) in [4.78, 5) is 19.8. The first-order chi connectivity index (χ1) is 9.06. The third kappa shape index (κ3) is 12.4. The van der Waals surface area contributed by atoms with Crippen LogP contribution in [0.2, 0.25) is 0 Å². The van der Waals surface area contributed by atoms with Gasteiger partial charge in [0.15, 0.2) is 0 Å². The van der Waals surface area contributed by atoms with Crippen LogP contribution in [0.25, 0.3) is 0 Å². The van der Waals surface area contributed by atoms with Crippen LogP contribution in [0.15, 0.2) is 30.3 Å². The van der Waals surface area contributed by atoms with Crippen molar-refractivity contribution in [2.75, 3.05) is 6.61 Å². The molecule has 1 aromatic rings. The molecule has 0 spiro atoms. The fourth-order valence-corrected chi connectivity index (χ4v) is 1.36. The van der Waals surface area contributed by atoms with E-state index in [1.165, 1.54) is 0 Å². The lowest BCUT2D eigenvalue weighted by atomic mass is 10.1. The molecule has 1 rings (SSSR count). The van der Waals surface area contributed by atoms with Crippen LogP contribution < -0.4 is 0 Å². The largest absolute Gasteiger partial charge is 0.505 e. The minimum absolute atomic E-state index is 0.327. The molecule has 19 heavy (non-hydrogen) atoms. The van der Waals surface area contributed by atoms with Gasteiger partial charge in [-0.3, -0.25) is 0 Å². The van der Waals surface area contributed by atoms with Gasteiger partial charge in [-0.15, -0.1) is 0 Å². The van der Waals surface area contributed by atoms with Crippen LogP contribution in [0.4, 0.5) is 4.79 Å². The first kappa shape index (κ1) is 17.2. The molecule has 0 aromatic heterocycles. The van der Waals surface area contributed by atoms with Crippen LogP contribution in [0.3, 0.4) is 0 Å². The Bertz CT molecular complexity index is 346. The fourth-order valence-electron chi connectivity index (χ4n) is 1.36. The smallest absolute Gasteiger partial charge is 0.450 e. The Balaban J connectivity index is 0.000000342. The van der Waals surface area contributed by atoms with Crippen LogP contribution in [-0.2, 0) is 16.0 Å². The number of hydrogen-bond donors (Lipinski definition) is 1. The molecule has 0 bridgehead atoms. The number of carbonyl (C=O) groups is 2. The molecule has 4 heteroatoms. The van der Waals surface area contributed by atoms with E-state index in [2.05, 4.69) is 18.6 Å². The minimum atomic E-state index is -1.18. The second kappa shape index (κ2) is 11.3. The molecule has 0 aliphatic carbocycles. The normalized spacial score (nSPS) is 9.42. The zero-order chi connectivity index (χ0) is 14.5.